The van der Waals surface area contributed by atoms with Crippen molar-refractivity contribution in [2.24, 2.45) is 5.92 Å². The third-order valence-corrected chi connectivity index (χ3v) is 7.99. The zero-order valence-corrected chi connectivity index (χ0v) is 15.1. The van der Waals surface area contributed by atoms with Crippen LogP contribution in [-0.2, 0) is 19.9 Å². The van der Waals surface area contributed by atoms with Crippen molar-refractivity contribution in [2.75, 3.05) is 18.1 Å². The van der Waals surface area contributed by atoms with Crippen LogP contribution < -0.4 is 4.72 Å². The highest BCUT2D eigenvalue weighted by atomic mass is 32.2. The number of rotatable bonds is 4. The Morgan fingerprint density at radius 1 is 1.14 bits per heavy atom. The molecule has 0 spiro atoms. The third kappa shape index (κ3) is 3.52. The molecule has 1 fully saturated rings. The smallest absolute Gasteiger partial charge is 0.229 e. The van der Waals surface area contributed by atoms with Crippen LogP contribution in [0.1, 0.15) is 28.7 Å². The first-order valence-electron chi connectivity index (χ1n) is 7.31. The number of aryl methyl sites for hydroxylation is 2. The molecule has 0 saturated carbocycles. The molecule has 124 valence electrons. The Hall–Kier alpha value is -0.920. The molecule has 1 aliphatic heterocycles. The van der Waals surface area contributed by atoms with Gasteiger partial charge in [0.05, 0.1) is 16.4 Å². The molecule has 1 heterocycles. The average molecular weight is 345 g/mol. The standard InChI is InChI=1S/C15H23NO4S2/c1-10-7-11(2)13(4)15(12(10)3)22(19,20)16-8-14-5-6-21(17,18)9-14/h7,14,16H,5-6,8-9H2,1-4H3. The van der Waals surface area contributed by atoms with Crippen molar-refractivity contribution >= 4 is 19.9 Å². The lowest BCUT2D eigenvalue weighted by Crippen LogP contribution is -2.31. The van der Waals surface area contributed by atoms with Crippen molar-refractivity contribution in [1.29, 1.82) is 0 Å². The van der Waals surface area contributed by atoms with Crippen LogP contribution in [0, 0.1) is 33.6 Å². The van der Waals surface area contributed by atoms with E-state index in [4.69, 9.17) is 0 Å². The van der Waals surface area contributed by atoms with Crippen LogP contribution in [0.15, 0.2) is 11.0 Å². The van der Waals surface area contributed by atoms with Gasteiger partial charge < -0.3 is 0 Å². The van der Waals surface area contributed by atoms with E-state index in [0.717, 1.165) is 22.3 Å². The topological polar surface area (TPSA) is 80.3 Å². The summed E-state index contributed by atoms with van der Waals surface area (Å²) in [6.45, 7) is 7.56. The first-order chi connectivity index (χ1) is 10.0. The van der Waals surface area contributed by atoms with E-state index in [1.165, 1.54) is 0 Å². The van der Waals surface area contributed by atoms with Gasteiger partial charge >= 0.3 is 0 Å². The van der Waals surface area contributed by atoms with Crippen LogP contribution in [0.3, 0.4) is 0 Å². The molecule has 0 amide bonds. The summed E-state index contributed by atoms with van der Waals surface area (Å²) < 4.78 is 50.8. The molecule has 1 saturated heterocycles. The molecule has 0 radical (unpaired) electrons. The summed E-state index contributed by atoms with van der Waals surface area (Å²) >= 11 is 0. The van der Waals surface area contributed by atoms with E-state index in [2.05, 4.69) is 4.72 Å². The van der Waals surface area contributed by atoms with Gasteiger partial charge in [-0.2, -0.15) is 0 Å². The number of hydrogen-bond donors (Lipinski definition) is 1. The summed E-state index contributed by atoms with van der Waals surface area (Å²) in [6, 6.07) is 1.98. The molecule has 1 aliphatic rings. The van der Waals surface area contributed by atoms with Gasteiger partial charge in [-0.05, 0) is 62.3 Å². The van der Waals surface area contributed by atoms with Crippen LogP contribution in [0.25, 0.3) is 0 Å². The van der Waals surface area contributed by atoms with E-state index in [-0.39, 0.29) is 24.0 Å². The molecule has 0 aliphatic carbocycles. The molecule has 22 heavy (non-hydrogen) atoms. The Labute approximate surface area is 133 Å². The second-order valence-corrected chi connectivity index (χ2v) is 10.1. The van der Waals surface area contributed by atoms with E-state index in [1.54, 1.807) is 13.8 Å². The van der Waals surface area contributed by atoms with Gasteiger partial charge in [0.15, 0.2) is 9.84 Å². The Morgan fingerprint density at radius 2 is 1.68 bits per heavy atom. The lowest BCUT2D eigenvalue weighted by Gasteiger charge is -2.17. The molecular weight excluding hydrogens is 322 g/mol. The van der Waals surface area contributed by atoms with Gasteiger partial charge in [-0.3, -0.25) is 0 Å². The highest BCUT2D eigenvalue weighted by molar-refractivity contribution is 7.91. The minimum Gasteiger partial charge on any atom is -0.229 e. The largest absolute Gasteiger partial charge is 0.241 e. The molecule has 1 N–H and O–H groups in total. The second kappa shape index (κ2) is 5.94. The number of benzene rings is 1. The quantitative estimate of drug-likeness (QED) is 0.899. The first kappa shape index (κ1) is 17.4. The van der Waals surface area contributed by atoms with Gasteiger partial charge in [0, 0.05) is 6.54 Å². The Kier molecular flexibility index (Phi) is 4.71. The van der Waals surface area contributed by atoms with Gasteiger partial charge in [0.2, 0.25) is 10.0 Å². The van der Waals surface area contributed by atoms with Crippen molar-refractivity contribution in [3.05, 3.63) is 28.3 Å². The summed E-state index contributed by atoms with van der Waals surface area (Å²) in [5.74, 6) is 0.0905. The monoisotopic (exact) mass is 345 g/mol. The minimum absolute atomic E-state index is 0.0698. The van der Waals surface area contributed by atoms with E-state index in [9.17, 15) is 16.8 Å². The predicted molar refractivity (Wildman–Crippen MR) is 87.3 cm³/mol. The molecule has 1 aromatic rings. The highest BCUT2D eigenvalue weighted by Crippen LogP contribution is 2.26. The van der Waals surface area contributed by atoms with Crippen LogP contribution in [-0.4, -0.2) is 34.9 Å². The van der Waals surface area contributed by atoms with Crippen molar-refractivity contribution in [3.8, 4) is 0 Å². The summed E-state index contributed by atoms with van der Waals surface area (Å²) in [4.78, 5) is 0.325. The van der Waals surface area contributed by atoms with E-state index in [1.807, 2.05) is 19.9 Å². The second-order valence-electron chi connectivity index (χ2n) is 6.21. The molecule has 7 heteroatoms. The maximum absolute atomic E-state index is 12.6. The van der Waals surface area contributed by atoms with Crippen LogP contribution >= 0.6 is 0 Å². The third-order valence-electron chi connectivity index (χ3n) is 4.45. The number of sulfonamides is 1. The van der Waals surface area contributed by atoms with Crippen LogP contribution in [0.5, 0.6) is 0 Å². The lowest BCUT2D eigenvalue weighted by atomic mass is 10.0. The van der Waals surface area contributed by atoms with Crippen molar-refractivity contribution < 1.29 is 16.8 Å². The molecule has 1 atom stereocenters. The fraction of sp³-hybridized carbons (Fsp3) is 0.600. The SMILES string of the molecule is Cc1cc(C)c(C)c(S(=O)(=O)NCC2CCS(=O)(=O)C2)c1C. The average Bonchev–Trinajstić information content (AvgIpc) is 2.74. The summed E-state index contributed by atoms with van der Waals surface area (Å²) in [6.07, 6.45) is 0.523. The van der Waals surface area contributed by atoms with Crippen molar-refractivity contribution in [3.63, 3.8) is 0 Å². The fourth-order valence-electron chi connectivity index (χ4n) is 2.92. The van der Waals surface area contributed by atoms with Gasteiger partial charge in [-0.15, -0.1) is 0 Å². The maximum atomic E-state index is 12.6. The van der Waals surface area contributed by atoms with Crippen molar-refractivity contribution in [1.82, 2.24) is 4.72 Å². The number of nitrogens with one attached hydrogen (secondary N) is 1. The Bertz CT molecular complexity index is 769. The fourth-order valence-corrected chi connectivity index (χ4v) is 6.51. The Morgan fingerprint density at radius 3 is 2.14 bits per heavy atom. The van der Waals surface area contributed by atoms with E-state index in [0.29, 0.717) is 11.3 Å². The molecule has 1 unspecified atom stereocenters. The normalized spacial score (nSPS) is 21.2. The molecule has 0 aromatic heterocycles. The summed E-state index contributed by atoms with van der Waals surface area (Å²) in [5.41, 5.74) is 3.36. The first-order valence-corrected chi connectivity index (χ1v) is 10.6. The van der Waals surface area contributed by atoms with Crippen LogP contribution in [0.4, 0.5) is 0 Å². The summed E-state index contributed by atoms with van der Waals surface area (Å²) in [5, 5.41) is 0. The molecular formula is C15H23NO4S2. The highest BCUT2D eigenvalue weighted by Gasteiger charge is 2.30. The Balaban J connectivity index is 2.25. The van der Waals surface area contributed by atoms with Gasteiger partial charge in [0.25, 0.3) is 0 Å². The minimum atomic E-state index is -3.64. The maximum Gasteiger partial charge on any atom is 0.241 e. The molecule has 0 bridgehead atoms. The van der Waals surface area contributed by atoms with Crippen molar-refractivity contribution in [2.45, 2.75) is 39.0 Å². The van der Waals surface area contributed by atoms with Gasteiger partial charge in [-0.1, -0.05) is 6.07 Å². The van der Waals surface area contributed by atoms with Gasteiger partial charge in [0.1, 0.15) is 0 Å². The zero-order valence-electron chi connectivity index (χ0n) is 13.4. The summed E-state index contributed by atoms with van der Waals surface area (Å²) in [7, 11) is -6.63. The zero-order chi connectivity index (χ0) is 16.7. The van der Waals surface area contributed by atoms with E-state index < -0.39 is 19.9 Å². The predicted octanol–water partition coefficient (Wildman–Crippen LogP) is 1.63. The van der Waals surface area contributed by atoms with E-state index >= 15 is 0 Å². The molecule has 2 rings (SSSR count). The molecule has 5 nitrogen and oxygen atoms in total. The number of hydrogen-bond acceptors (Lipinski definition) is 4. The van der Waals surface area contributed by atoms with Gasteiger partial charge in [-0.25, -0.2) is 21.6 Å². The molecule has 1 aromatic carbocycles. The number of sulfone groups is 1. The van der Waals surface area contributed by atoms with Crippen LogP contribution in [0.2, 0.25) is 0 Å². The lowest BCUT2D eigenvalue weighted by molar-refractivity contribution is 0.542.